The van der Waals surface area contributed by atoms with Gasteiger partial charge in [-0.3, -0.25) is 9.69 Å². The first-order valence-electron chi connectivity index (χ1n) is 9.51. The summed E-state index contributed by atoms with van der Waals surface area (Å²) < 4.78 is 28.1. The first-order valence-corrected chi connectivity index (χ1v) is 10.3. The molecule has 0 N–H and O–H groups in total. The number of hydrogen-bond donors (Lipinski definition) is 0. The second kappa shape index (κ2) is 10.3. The van der Waals surface area contributed by atoms with Gasteiger partial charge in [0, 0.05) is 12.6 Å². The van der Waals surface area contributed by atoms with Crippen LogP contribution in [0.25, 0.3) is 10.2 Å². The van der Waals surface area contributed by atoms with E-state index in [2.05, 4.69) is 4.98 Å². The van der Waals surface area contributed by atoms with Gasteiger partial charge in [-0.1, -0.05) is 29.5 Å². The highest BCUT2D eigenvalue weighted by Gasteiger charge is 2.21. The van der Waals surface area contributed by atoms with Crippen LogP contribution in [0, 0.1) is 25.5 Å². The molecule has 0 radical (unpaired) electrons. The van der Waals surface area contributed by atoms with Gasteiger partial charge < -0.3 is 4.90 Å². The molecule has 1 amide bonds. The first-order chi connectivity index (χ1) is 13.7. The van der Waals surface area contributed by atoms with E-state index in [0.717, 1.165) is 41.5 Å². The second-order valence-electron chi connectivity index (χ2n) is 7.53. The molecule has 162 valence electrons. The molecule has 0 spiro atoms. The van der Waals surface area contributed by atoms with Crippen LogP contribution in [0.5, 0.6) is 0 Å². The SMILES string of the molecule is Cc1ccc(CC(=O)N(CCCN(C)C)c2nc3c(F)cc(F)cc3s2)cc1C.Cl. The van der Waals surface area contributed by atoms with Crippen LogP contribution in [0.15, 0.2) is 30.3 Å². The van der Waals surface area contributed by atoms with Crippen LogP contribution in [0.3, 0.4) is 0 Å². The third-order valence-corrected chi connectivity index (χ3v) is 5.87. The summed E-state index contributed by atoms with van der Waals surface area (Å²) in [4.78, 5) is 21.1. The van der Waals surface area contributed by atoms with E-state index in [9.17, 15) is 13.6 Å². The van der Waals surface area contributed by atoms with Crippen LogP contribution in [-0.2, 0) is 11.2 Å². The van der Waals surface area contributed by atoms with E-state index in [4.69, 9.17) is 0 Å². The van der Waals surface area contributed by atoms with Gasteiger partial charge in [0.25, 0.3) is 0 Å². The number of carbonyl (C=O) groups excluding carboxylic acids is 1. The fourth-order valence-corrected chi connectivity index (χ4v) is 4.16. The van der Waals surface area contributed by atoms with Crippen molar-refractivity contribution >= 4 is 45.0 Å². The van der Waals surface area contributed by atoms with E-state index in [-0.39, 0.29) is 30.3 Å². The van der Waals surface area contributed by atoms with Gasteiger partial charge in [-0.2, -0.15) is 0 Å². The molecular formula is C22H26ClF2N3OS. The summed E-state index contributed by atoms with van der Waals surface area (Å²) in [7, 11) is 3.94. The Kier molecular flexibility index (Phi) is 8.29. The zero-order valence-electron chi connectivity index (χ0n) is 17.5. The maximum atomic E-state index is 14.1. The van der Waals surface area contributed by atoms with Crippen molar-refractivity contribution in [2.24, 2.45) is 0 Å². The highest BCUT2D eigenvalue weighted by molar-refractivity contribution is 7.22. The third kappa shape index (κ3) is 5.74. The summed E-state index contributed by atoms with van der Waals surface area (Å²) in [6.45, 7) is 5.32. The zero-order chi connectivity index (χ0) is 21.1. The number of aryl methyl sites for hydroxylation is 2. The molecule has 0 bridgehead atoms. The molecule has 0 fully saturated rings. The predicted molar refractivity (Wildman–Crippen MR) is 122 cm³/mol. The maximum absolute atomic E-state index is 14.1. The van der Waals surface area contributed by atoms with Crippen LogP contribution in [-0.4, -0.2) is 43.0 Å². The van der Waals surface area contributed by atoms with Crippen molar-refractivity contribution in [1.29, 1.82) is 0 Å². The minimum atomic E-state index is -0.711. The number of rotatable bonds is 7. The number of benzene rings is 2. The molecular weight excluding hydrogens is 428 g/mol. The Bertz CT molecular complexity index is 1040. The molecule has 0 unspecified atom stereocenters. The van der Waals surface area contributed by atoms with E-state index in [1.165, 1.54) is 11.6 Å². The molecule has 0 aliphatic rings. The summed E-state index contributed by atoms with van der Waals surface area (Å²) >= 11 is 1.14. The Balaban J connectivity index is 0.00000320. The monoisotopic (exact) mass is 453 g/mol. The Morgan fingerprint density at radius 3 is 2.47 bits per heavy atom. The van der Waals surface area contributed by atoms with Crippen molar-refractivity contribution in [3.05, 3.63) is 58.7 Å². The number of thiazole rings is 1. The highest BCUT2D eigenvalue weighted by Crippen LogP contribution is 2.31. The second-order valence-corrected chi connectivity index (χ2v) is 8.54. The van der Waals surface area contributed by atoms with Crippen LogP contribution >= 0.6 is 23.7 Å². The van der Waals surface area contributed by atoms with Gasteiger partial charge in [0.15, 0.2) is 10.9 Å². The molecule has 1 heterocycles. The first kappa shape index (κ1) is 24.2. The van der Waals surface area contributed by atoms with Gasteiger partial charge in [-0.25, -0.2) is 13.8 Å². The van der Waals surface area contributed by atoms with Crippen molar-refractivity contribution in [3.8, 4) is 0 Å². The van der Waals surface area contributed by atoms with Crippen LogP contribution in [0.1, 0.15) is 23.1 Å². The van der Waals surface area contributed by atoms with Crippen LogP contribution < -0.4 is 4.90 Å². The molecule has 0 aliphatic heterocycles. The normalized spacial score (nSPS) is 11.0. The number of halogens is 3. The van der Waals surface area contributed by atoms with E-state index in [1.54, 1.807) is 4.90 Å². The van der Waals surface area contributed by atoms with E-state index >= 15 is 0 Å². The van der Waals surface area contributed by atoms with Gasteiger partial charge in [0.05, 0.1) is 11.1 Å². The molecule has 0 atom stereocenters. The molecule has 3 aromatic rings. The standard InChI is InChI=1S/C22H25F2N3OS.ClH/c1-14-6-7-16(10-15(14)2)11-20(28)27(9-5-8-26(3)4)22-25-21-18(24)12-17(23)13-19(21)29-22;/h6-7,10,12-13H,5,8-9,11H2,1-4H3;1H. The molecule has 0 saturated carbocycles. The van der Waals surface area contributed by atoms with E-state index in [0.29, 0.717) is 16.4 Å². The molecule has 4 nitrogen and oxygen atoms in total. The number of carbonyl (C=O) groups is 1. The molecule has 1 aromatic heterocycles. The molecule has 0 aliphatic carbocycles. The number of nitrogens with zero attached hydrogens (tertiary/aromatic N) is 3. The Morgan fingerprint density at radius 2 is 1.80 bits per heavy atom. The quantitative estimate of drug-likeness (QED) is 0.497. The number of amides is 1. The van der Waals surface area contributed by atoms with Crippen molar-refractivity contribution in [2.75, 3.05) is 32.1 Å². The smallest absolute Gasteiger partial charge is 0.233 e. The van der Waals surface area contributed by atoms with E-state index in [1.807, 2.05) is 51.0 Å². The Hall–Kier alpha value is -2.09. The van der Waals surface area contributed by atoms with Crippen LogP contribution in [0.2, 0.25) is 0 Å². The Morgan fingerprint density at radius 1 is 1.07 bits per heavy atom. The number of aromatic nitrogens is 1. The van der Waals surface area contributed by atoms with Gasteiger partial charge in [0.2, 0.25) is 5.91 Å². The molecule has 0 saturated heterocycles. The van der Waals surface area contributed by atoms with Crippen molar-refractivity contribution in [2.45, 2.75) is 26.7 Å². The van der Waals surface area contributed by atoms with Crippen molar-refractivity contribution in [3.63, 3.8) is 0 Å². The van der Waals surface area contributed by atoms with Gasteiger partial charge in [-0.05, 0) is 63.7 Å². The lowest BCUT2D eigenvalue weighted by Gasteiger charge is -2.21. The number of fused-ring (bicyclic) bond motifs is 1. The van der Waals surface area contributed by atoms with Gasteiger partial charge in [-0.15, -0.1) is 12.4 Å². The largest absolute Gasteiger partial charge is 0.309 e. The number of anilines is 1. The average molecular weight is 454 g/mol. The summed E-state index contributed by atoms with van der Waals surface area (Å²) in [6.07, 6.45) is 0.980. The van der Waals surface area contributed by atoms with Gasteiger partial charge >= 0.3 is 0 Å². The molecule has 3 rings (SSSR count). The summed E-state index contributed by atoms with van der Waals surface area (Å²) in [6, 6.07) is 8.04. The Labute approximate surface area is 185 Å². The predicted octanol–water partition coefficient (Wildman–Crippen LogP) is 5.14. The maximum Gasteiger partial charge on any atom is 0.233 e. The third-order valence-electron chi connectivity index (χ3n) is 4.85. The zero-order valence-corrected chi connectivity index (χ0v) is 19.2. The lowest BCUT2D eigenvalue weighted by atomic mass is 10.0. The van der Waals surface area contributed by atoms with E-state index < -0.39 is 11.6 Å². The molecule has 8 heteroatoms. The van der Waals surface area contributed by atoms with Crippen molar-refractivity contribution in [1.82, 2.24) is 9.88 Å². The lowest BCUT2D eigenvalue weighted by Crippen LogP contribution is -2.34. The summed E-state index contributed by atoms with van der Waals surface area (Å²) in [5.74, 6) is -1.46. The fourth-order valence-electron chi connectivity index (χ4n) is 3.12. The van der Waals surface area contributed by atoms with Gasteiger partial charge in [0.1, 0.15) is 11.3 Å². The fraction of sp³-hybridized carbons (Fsp3) is 0.364. The molecule has 2 aromatic carbocycles. The topological polar surface area (TPSA) is 36.4 Å². The minimum absolute atomic E-state index is 0. The average Bonchev–Trinajstić information content (AvgIpc) is 3.05. The summed E-state index contributed by atoms with van der Waals surface area (Å²) in [5.41, 5.74) is 3.33. The lowest BCUT2D eigenvalue weighted by molar-refractivity contribution is -0.118. The summed E-state index contributed by atoms with van der Waals surface area (Å²) in [5, 5.41) is 0.400. The minimum Gasteiger partial charge on any atom is -0.309 e. The van der Waals surface area contributed by atoms with Crippen molar-refractivity contribution < 1.29 is 13.6 Å². The molecule has 30 heavy (non-hydrogen) atoms. The highest BCUT2D eigenvalue weighted by atomic mass is 35.5. The number of hydrogen-bond acceptors (Lipinski definition) is 4. The van der Waals surface area contributed by atoms with Crippen LogP contribution in [0.4, 0.5) is 13.9 Å².